The number of benzene rings is 2. The molecule has 0 spiro atoms. The Balaban J connectivity index is 2.19. The fourth-order valence-corrected chi connectivity index (χ4v) is 3.56. The van der Waals surface area contributed by atoms with Gasteiger partial charge >= 0.3 is 0 Å². The van der Waals surface area contributed by atoms with Gasteiger partial charge in [0.05, 0.1) is 21.7 Å². The highest BCUT2D eigenvalue weighted by atomic mass is 35.5. The number of carbonyl (C=O) groups is 2. The van der Waals surface area contributed by atoms with Crippen LogP contribution in [-0.2, 0) is 9.59 Å². The maximum absolute atomic E-state index is 14.6. The topological polar surface area (TPSA) is 57.6 Å². The van der Waals surface area contributed by atoms with Crippen molar-refractivity contribution in [3.63, 3.8) is 0 Å². The van der Waals surface area contributed by atoms with E-state index in [2.05, 4.69) is 0 Å². The van der Waals surface area contributed by atoms with Crippen molar-refractivity contribution in [3.05, 3.63) is 75.2 Å². The molecule has 3 rings (SSSR count). The van der Waals surface area contributed by atoms with E-state index in [1.54, 1.807) is 6.07 Å². The number of anilines is 1. The molecule has 0 aliphatic carbocycles. The lowest BCUT2D eigenvalue weighted by Crippen LogP contribution is -2.31. The summed E-state index contributed by atoms with van der Waals surface area (Å²) in [5.41, 5.74) is 0.291. The number of rotatable bonds is 5. The molecule has 1 atom stereocenters. The maximum atomic E-state index is 14.6. The molecular weight excluding hydrogens is 404 g/mol. The molecule has 0 bridgehead atoms. The van der Waals surface area contributed by atoms with Gasteiger partial charge in [-0.1, -0.05) is 55.2 Å². The number of aliphatic hydroxyl groups excluding tert-OH is 1. The first-order valence-corrected chi connectivity index (χ1v) is 9.47. The molecule has 0 saturated carbocycles. The van der Waals surface area contributed by atoms with Crippen LogP contribution in [-0.4, -0.2) is 16.8 Å². The monoisotopic (exact) mass is 421 g/mol. The largest absolute Gasteiger partial charge is 0.503 e. The molecule has 0 aromatic heterocycles. The van der Waals surface area contributed by atoms with E-state index in [1.165, 1.54) is 41.3 Å². The second-order valence-corrected chi connectivity index (χ2v) is 7.80. The van der Waals surface area contributed by atoms with Gasteiger partial charge in [-0.2, -0.15) is 0 Å². The smallest absolute Gasteiger partial charge is 0.294 e. The molecule has 0 saturated heterocycles. The summed E-state index contributed by atoms with van der Waals surface area (Å²) in [6.45, 7) is 3.70. The Morgan fingerprint density at radius 3 is 2.46 bits per heavy atom. The van der Waals surface area contributed by atoms with Crippen molar-refractivity contribution in [2.24, 2.45) is 5.92 Å². The van der Waals surface area contributed by atoms with Gasteiger partial charge in [0.2, 0.25) is 0 Å². The first-order valence-electron chi connectivity index (χ1n) is 8.71. The second-order valence-electron chi connectivity index (χ2n) is 6.98. The van der Waals surface area contributed by atoms with Crippen LogP contribution in [0, 0.1) is 11.7 Å². The molecule has 7 heteroatoms. The third-order valence-corrected chi connectivity index (χ3v) is 5.22. The summed E-state index contributed by atoms with van der Waals surface area (Å²) in [4.78, 5) is 26.9. The Bertz CT molecular complexity index is 987. The van der Waals surface area contributed by atoms with Crippen molar-refractivity contribution in [3.8, 4) is 0 Å². The summed E-state index contributed by atoms with van der Waals surface area (Å²) in [5, 5.41) is 11.0. The summed E-state index contributed by atoms with van der Waals surface area (Å²) < 4.78 is 14.6. The number of carbonyl (C=O) groups excluding carboxylic acids is 2. The maximum Gasteiger partial charge on any atom is 0.294 e. The molecule has 0 radical (unpaired) electrons. The van der Waals surface area contributed by atoms with Crippen LogP contribution >= 0.6 is 23.2 Å². The molecule has 2 aromatic rings. The van der Waals surface area contributed by atoms with Crippen LogP contribution in [0.2, 0.25) is 10.0 Å². The van der Waals surface area contributed by atoms with E-state index in [1.807, 2.05) is 13.8 Å². The standard InChI is InChI=1S/C21H18Cl2FNO3/c1-11(2)9-17(26)18-19(13-5-3-4-6-16(13)24)25(21(28)20(18)27)12-7-8-14(22)15(23)10-12/h3-8,10-11,19,27H,9H2,1-2H3. The summed E-state index contributed by atoms with van der Waals surface area (Å²) >= 11 is 12.0. The Morgan fingerprint density at radius 1 is 1.18 bits per heavy atom. The van der Waals surface area contributed by atoms with Crippen molar-refractivity contribution in [2.45, 2.75) is 26.3 Å². The summed E-state index contributed by atoms with van der Waals surface area (Å²) in [6.07, 6.45) is 0.118. The highest BCUT2D eigenvalue weighted by Crippen LogP contribution is 2.43. The second kappa shape index (κ2) is 7.94. The van der Waals surface area contributed by atoms with Crippen LogP contribution in [0.5, 0.6) is 0 Å². The zero-order valence-corrected chi connectivity index (χ0v) is 16.8. The van der Waals surface area contributed by atoms with Crippen molar-refractivity contribution < 1.29 is 19.1 Å². The van der Waals surface area contributed by atoms with E-state index in [0.717, 1.165) is 0 Å². The van der Waals surface area contributed by atoms with E-state index in [-0.39, 0.29) is 33.5 Å². The van der Waals surface area contributed by atoms with Crippen molar-refractivity contribution in [1.29, 1.82) is 0 Å². The van der Waals surface area contributed by atoms with E-state index in [0.29, 0.717) is 5.69 Å². The molecule has 146 valence electrons. The normalized spacial score (nSPS) is 17.0. The van der Waals surface area contributed by atoms with Gasteiger partial charge in [-0.3, -0.25) is 14.5 Å². The van der Waals surface area contributed by atoms with E-state index >= 15 is 0 Å². The van der Waals surface area contributed by atoms with Gasteiger partial charge in [-0.05, 0) is 30.2 Å². The fraction of sp³-hybridized carbons (Fsp3) is 0.238. The zero-order chi connectivity index (χ0) is 20.6. The number of nitrogens with zero attached hydrogens (tertiary/aromatic N) is 1. The van der Waals surface area contributed by atoms with Crippen LogP contribution in [0.1, 0.15) is 31.9 Å². The van der Waals surface area contributed by atoms with E-state index < -0.39 is 29.3 Å². The van der Waals surface area contributed by atoms with Crippen LogP contribution in [0.15, 0.2) is 53.8 Å². The van der Waals surface area contributed by atoms with Crippen molar-refractivity contribution in [1.82, 2.24) is 0 Å². The number of Topliss-reactive ketones (excluding diaryl/α,β-unsaturated/α-hetero) is 1. The minimum atomic E-state index is -1.10. The highest BCUT2D eigenvalue weighted by Gasteiger charge is 2.45. The predicted octanol–water partition coefficient (Wildman–Crippen LogP) is 5.65. The van der Waals surface area contributed by atoms with E-state index in [4.69, 9.17) is 23.2 Å². The van der Waals surface area contributed by atoms with Gasteiger partial charge in [0.25, 0.3) is 5.91 Å². The van der Waals surface area contributed by atoms with Gasteiger partial charge in [0, 0.05) is 17.7 Å². The molecule has 1 aliphatic rings. The lowest BCUT2D eigenvalue weighted by atomic mass is 9.91. The molecule has 1 heterocycles. The first kappa shape index (κ1) is 20.4. The number of hydrogen-bond donors (Lipinski definition) is 1. The van der Waals surface area contributed by atoms with Crippen LogP contribution in [0.25, 0.3) is 0 Å². The third kappa shape index (κ3) is 3.64. The van der Waals surface area contributed by atoms with E-state index in [9.17, 15) is 19.1 Å². The predicted molar refractivity (Wildman–Crippen MR) is 107 cm³/mol. The molecule has 0 fully saturated rings. The minimum absolute atomic E-state index is 0.00296. The highest BCUT2D eigenvalue weighted by molar-refractivity contribution is 6.42. The Labute approximate surface area is 172 Å². The van der Waals surface area contributed by atoms with Gasteiger partial charge in [-0.25, -0.2) is 4.39 Å². The lowest BCUT2D eigenvalue weighted by molar-refractivity contribution is -0.118. The first-order chi connectivity index (χ1) is 13.2. The number of amides is 1. The quantitative estimate of drug-likeness (QED) is 0.678. The van der Waals surface area contributed by atoms with Crippen molar-refractivity contribution >= 4 is 40.6 Å². The molecular formula is C21H18Cl2FNO3. The molecule has 1 amide bonds. The average molecular weight is 422 g/mol. The lowest BCUT2D eigenvalue weighted by Gasteiger charge is -2.27. The summed E-state index contributed by atoms with van der Waals surface area (Å²) in [5.74, 6) is -2.46. The minimum Gasteiger partial charge on any atom is -0.503 e. The Kier molecular flexibility index (Phi) is 5.77. The van der Waals surface area contributed by atoms with Gasteiger partial charge in [-0.15, -0.1) is 0 Å². The van der Waals surface area contributed by atoms with Gasteiger partial charge in [0.15, 0.2) is 11.5 Å². The fourth-order valence-electron chi connectivity index (χ4n) is 3.26. The molecule has 1 N–H and O–H groups in total. The summed E-state index contributed by atoms with van der Waals surface area (Å²) in [6, 6.07) is 9.22. The Morgan fingerprint density at radius 2 is 1.86 bits per heavy atom. The number of aliphatic hydroxyl groups is 1. The number of ketones is 1. The molecule has 1 aliphatic heterocycles. The third-order valence-electron chi connectivity index (χ3n) is 4.48. The summed E-state index contributed by atoms with van der Waals surface area (Å²) in [7, 11) is 0. The molecule has 28 heavy (non-hydrogen) atoms. The van der Waals surface area contributed by atoms with Crippen LogP contribution < -0.4 is 4.90 Å². The zero-order valence-electron chi connectivity index (χ0n) is 15.2. The SMILES string of the molecule is CC(C)CC(=O)C1=C(O)C(=O)N(c2ccc(Cl)c(Cl)c2)C1c1ccccc1F. The van der Waals surface area contributed by atoms with Gasteiger partial charge in [0.1, 0.15) is 5.82 Å². The average Bonchev–Trinajstić information content (AvgIpc) is 2.89. The van der Waals surface area contributed by atoms with Crippen molar-refractivity contribution in [2.75, 3.05) is 4.90 Å². The molecule has 4 nitrogen and oxygen atoms in total. The van der Waals surface area contributed by atoms with Crippen LogP contribution in [0.3, 0.4) is 0 Å². The number of hydrogen-bond acceptors (Lipinski definition) is 3. The molecule has 2 aromatic carbocycles. The Hall–Kier alpha value is -2.37. The van der Waals surface area contributed by atoms with Crippen LogP contribution in [0.4, 0.5) is 10.1 Å². The number of halogens is 3. The van der Waals surface area contributed by atoms with Gasteiger partial charge < -0.3 is 5.11 Å². The molecule has 1 unspecified atom stereocenters.